The molecule has 0 spiro atoms. The molecule has 3 aliphatic rings. The number of carbonyl (C=O) groups is 5. The van der Waals surface area contributed by atoms with Gasteiger partial charge in [0.15, 0.2) is 34.7 Å². The van der Waals surface area contributed by atoms with Crippen molar-refractivity contribution >= 4 is 40.6 Å². The van der Waals surface area contributed by atoms with E-state index in [4.69, 9.17) is 17.3 Å². The highest BCUT2D eigenvalue weighted by molar-refractivity contribution is 6.32. The molecule has 2 unspecified atom stereocenters. The molecule has 0 saturated heterocycles. The Labute approximate surface area is 216 Å². The lowest BCUT2D eigenvalue weighted by Crippen LogP contribution is -2.74. The van der Waals surface area contributed by atoms with Crippen LogP contribution in [0.5, 0.6) is 5.75 Å². The topological polar surface area (TPSA) is 168 Å². The van der Waals surface area contributed by atoms with Crippen molar-refractivity contribution in [2.24, 2.45) is 29.4 Å². The van der Waals surface area contributed by atoms with Crippen LogP contribution >= 0.6 is 11.6 Å². The van der Waals surface area contributed by atoms with Gasteiger partial charge >= 0.3 is 0 Å². The van der Waals surface area contributed by atoms with Gasteiger partial charge in [-0.3, -0.25) is 28.9 Å². The number of benzene rings is 1. The summed E-state index contributed by atoms with van der Waals surface area (Å²) in [4.78, 5) is 71.6. The van der Waals surface area contributed by atoms with Crippen molar-refractivity contribution in [1.82, 2.24) is 9.88 Å². The summed E-state index contributed by atoms with van der Waals surface area (Å²) in [6.45, 7) is 0. The quantitative estimate of drug-likeness (QED) is 0.383. The average molecular weight is 526 g/mol. The van der Waals surface area contributed by atoms with Crippen LogP contribution in [0, 0.1) is 23.7 Å². The number of Topliss-reactive ketones (excluding diaryl/α,β-unsaturated/α-hetero) is 4. The molecular weight excluding hydrogens is 502 g/mol. The lowest BCUT2D eigenvalue weighted by molar-refractivity contribution is -0.181. The highest BCUT2D eigenvalue weighted by atomic mass is 35.5. The van der Waals surface area contributed by atoms with Crippen molar-refractivity contribution < 1.29 is 34.2 Å². The molecule has 1 heterocycles. The first kappa shape index (κ1) is 25.2. The second-order valence-electron chi connectivity index (χ2n) is 10.1. The van der Waals surface area contributed by atoms with Crippen molar-refractivity contribution in [1.29, 1.82) is 0 Å². The number of nitrogens with two attached hydrogens (primary N) is 1. The van der Waals surface area contributed by atoms with E-state index < -0.39 is 64.4 Å². The molecule has 0 aliphatic heterocycles. The number of ketones is 4. The number of pyridine rings is 1. The van der Waals surface area contributed by atoms with Gasteiger partial charge in [0.2, 0.25) is 5.91 Å². The largest absolute Gasteiger partial charge is 0.507 e. The van der Waals surface area contributed by atoms with Gasteiger partial charge in [-0.05, 0) is 62.2 Å². The average Bonchev–Trinajstić information content (AvgIpc) is 2.82. The van der Waals surface area contributed by atoms with E-state index in [9.17, 15) is 34.2 Å². The van der Waals surface area contributed by atoms with Crippen molar-refractivity contribution in [3.63, 3.8) is 0 Å². The van der Waals surface area contributed by atoms with E-state index in [2.05, 4.69) is 4.98 Å². The molecule has 2 fully saturated rings. The Morgan fingerprint density at radius 3 is 2.43 bits per heavy atom. The zero-order chi connectivity index (χ0) is 27.0. The smallest absolute Gasteiger partial charge is 0.235 e. The SMILES string of the molecule is CN(C)[C@H]1C(=O)C(C(N)=O)C(=O)[C@@]2(O)C(=O)C3C(=O)c4c(O)ccc(-c5ccc(Cl)nc5)c4C[C@H]3C[C@@H]12. The maximum absolute atomic E-state index is 13.8. The molecule has 37 heavy (non-hydrogen) atoms. The second kappa shape index (κ2) is 8.54. The number of hydrogen-bond donors (Lipinski definition) is 3. The first-order valence-corrected chi connectivity index (χ1v) is 12.1. The van der Waals surface area contributed by atoms with Gasteiger partial charge in [0, 0.05) is 17.7 Å². The van der Waals surface area contributed by atoms with Crippen LogP contribution in [-0.4, -0.2) is 74.9 Å². The Balaban J connectivity index is 1.66. The molecule has 4 N–H and O–H groups in total. The number of phenolic OH excluding ortho intramolecular Hbond substituents is 1. The van der Waals surface area contributed by atoms with Crippen LogP contribution in [0.4, 0.5) is 0 Å². The van der Waals surface area contributed by atoms with Crippen LogP contribution in [0.25, 0.3) is 11.1 Å². The number of carbonyl (C=O) groups excluding carboxylic acids is 5. The fourth-order valence-electron chi connectivity index (χ4n) is 6.41. The maximum Gasteiger partial charge on any atom is 0.235 e. The summed E-state index contributed by atoms with van der Waals surface area (Å²) in [6.07, 6.45) is 1.68. The number of fused-ring (bicyclic) bond motifs is 3. The minimum Gasteiger partial charge on any atom is -0.507 e. The van der Waals surface area contributed by atoms with E-state index in [0.29, 0.717) is 16.7 Å². The van der Waals surface area contributed by atoms with E-state index in [1.165, 1.54) is 17.2 Å². The molecule has 0 radical (unpaired) electrons. The molecule has 1 aromatic heterocycles. The zero-order valence-electron chi connectivity index (χ0n) is 20.0. The molecule has 2 saturated carbocycles. The molecule has 11 heteroatoms. The van der Waals surface area contributed by atoms with Crippen molar-refractivity contribution in [3.05, 3.63) is 46.7 Å². The van der Waals surface area contributed by atoms with Gasteiger partial charge in [-0.1, -0.05) is 17.7 Å². The summed E-state index contributed by atoms with van der Waals surface area (Å²) < 4.78 is 0. The van der Waals surface area contributed by atoms with Gasteiger partial charge in [-0.15, -0.1) is 0 Å². The molecule has 1 aromatic carbocycles. The first-order valence-electron chi connectivity index (χ1n) is 11.7. The summed E-state index contributed by atoms with van der Waals surface area (Å²) in [5, 5.41) is 22.5. The standard InChI is InChI=1S/C26H24ClN3O7/c1-30(2)20-14-8-11-7-13-12(10-3-6-16(27)29-9-10)4-5-15(31)18(13)21(32)17(11)23(34)26(14,37)24(35)19(22(20)33)25(28)36/h3-6,9,11,14,17,19-20,31,37H,7-8H2,1-2H3,(H2,28,36)/t11-,14-,17?,19?,20+,26-/m0/s1. The van der Waals surface area contributed by atoms with Crippen molar-refractivity contribution in [2.75, 3.05) is 14.1 Å². The van der Waals surface area contributed by atoms with E-state index in [1.54, 1.807) is 32.3 Å². The lowest BCUT2D eigenvalue weighted by Gasteiger charge is -2.52. The third kappa shape index (κ3) is 3.47. The van der Waals surface area contributed by atoms with Crippen LogP contribution in [0.2, 0.25) is 5.15 Å². The molecular formula is C26H24ClN3O7. The Morgan fingerprint density at radius 2 is 1.84 bits per heavy atom. The number of nitrogens with zero attached hydrogens (tertiary/aromatic N) is 2. The summed E-state index contributed by atoms with van der Waals surface area (Å²) >= 11 is 5.91. The van der Waals surface area contributed by atoms with Crippen LogP contribution in [0.1, 0.15) is 22.3 Å². The van der Waals surface area contributed by atoms with Gasteiger partial charge in [0.25, 0.3) is 0 Å². The number of rotatable bonds is 3. The summed E-state index contributed by atoms with van der Waals surface area (Å²) in [5.74, 6) is -10.8. The Bertz CT molecular complexity index is 1390. The van der Waals surface area contributed by atoms with E-state index in [1.807, 2.05) is 0 Å². The Hall–Kier alpha value is -3.47. The van der Waals surface area contributed by atoms with Gasteiger partial charge in [0.05, 0.1) is 17.5 Å². The number of halogens is 1. The molecule has 2 aromatic rings. The molecule has 0 bridgehead atoms. The summed E-state index contributed by atoms with van der Waals surface area (Å²) in [7, 11) is 3.08. The Kier molecular flexibility index (Phi) is 5.82. The molecule has 10 nitrogen and oxygen atoms in total. The fraction of sp³-hybridized carbons (Fsp3) is 0.385. The predicted octanol–water partition coefficient (Wildman–Crippen LogP) is 0.582. The number of primary amides is 1. The molecule has 1 amide bonds. The van der Waals surface area contributed by atoms with E-state index in [0.717, 1.165) is 0 Å². The van der Waals surface area contributed by atoms with Crippen molar-refractivity contribution in [3.8, 4) is 16.9 Å². The van der Waals surface area contributed by atoms with Crippen LogP contribution < -0.4 is 5.73 Å². The molecule has 3 aliphatic carbocycles. The number of amides is 1. The minimum absolute atomic E-state index is 0.0160. The first-order chi connectivity index (χ1) is 17.4. The van der Waals surface area contributed by atoms with Gasteiger partial charge < -0.3 is 15.9 Å². The fourth-order valence-corrected chi connectivity index (χ4v) is 6.52. The molecule has 6 atom stereocenters. The van der Waals surface area contributed by atoms with E-state index >= 15 is 0 Å². The second-order valence-corrected chi connectivity index (χ2v) is 10.5. The third-order valence-corrected chi connectivity index (χ3v) is 8.21. The van der Waals surface area contributed by atoms with Crippen LogP contribution in [0.15, 0.2) is 30.5 Å². The van der Waals surface area contributed by atoms with E-state index in [-0.39, 0.29) is 29.3 Å². The van der Waals surface area contributed by atoms with Gasteiger partial charge in [-0.25, -0.2) is 4.98 Å². The molecule has 5 rings (SSSR count). The number of hydrogen-bond acceptors (Lipinski definition) is 9. The number of likely N-dealkylation sites (N-methyl/N-ethyl adjacent to an activating group) is 1. The summed E-state index contributed by atoms with van der Waals surface area (Å²) in [5.41, 5.74) is 4.27. The number of aromatic hydroxyl groups is 1. The zero-order valence-corrected chi connectivity index (χ0v) is 20.7. The predicted molar refractivity (Wildman–Crippen MR) is 130 cm³/mol. The molecule has 192 valence electrons. The lowest BCUT2D eigenvalue weighted by atomic mass is 9.52. The number of aliphatic hydroxyl groups is 1. The van der Waals surface area contributed by atoms with Gasteiger partial charge in [-0.2, -0.15) is 0 Å². The van der Waals surface area contributed by atoms with Crippen LogP contribution in [-0.2, 0) is 25.6 Å². The van der Waals surface area contributed by atoms with Crippen molar-refractivity contribution in [2.45, 2.75) is 24.5 Å². The maximum atomic E-state index is 13.8. The normalized spacial score (nSPS) is 31.1. The monoisotopic (exact) mass is 525 g/mol. The minimum atomic E-state index is -2.75. The highest BCUT2D eigenvalue weighted by Gasteiger charge is 2.69. The Morgan fingerprint density at radius 1 is 1.14 bits per heavy atom. The number of phenols is 1. The third-order valence-electron chi connectivity index (χ3n) is 7.98. The summed E-state index contributed by atoms with van der Waals surface area (Å²) in [6, 6.07) is 5.13. The highest BCUT2D eigenvalue weighted by Crippen LogP contribution is 2.51. The number of aromatic nitrogens is 1. The van der Waals surface area contributed by atoms with Gasteiger partial charge in [0.1, 0.15) is 10.9 Å². The van der Waals surface area contributed by atoms with Crippen LogP contribution in [0.3, 0.4) is 0 Å².